The number of rotatable bonds is 5. The molecule has 0 aliphatic carbocycles. The molecule has 2 aliphatic rings. The third kappa shape index (κ3) is 5.47. The molecule has 2 heterocycles. The number of nitrogens with one attached hydrogen (secondary N) is 2. The number of nitrogens with zero attached hydrogens (tertiary/aromatic N) is 1. The van der Waals surface area contributed by atoms with E-state index in [4.69, 9.17) is 4.74 Å². The van der Waals surface area contributed by atoms with Crippen molar-refractivity contribution in [3.63, 3.8) is 0 Å². The second kappa shape index (κ2) is 7.82. The Balaban J connectivity index is 1.63. The Morgan fingerprint density at radius 3 is 2.79 bits per heavy atom. The van der Waals surface area contributed by atoms with Crippen molar-refractivity contribution in [2.75, 3.05) is 39.9 Å². The highest BCUT2D eigenvalue weighted by molar-refractivity contribution is 5.78. The Kier molecular flexibility index (Phi) is 6.07. The van der Waals surface area contributed by atoms with E-state index >= 15 is 0 Å². The van der Waals surface area contributed by atoms with Crippen molar-refractivity contribution in [1.29, 1.82) is 0 Å². The molecule has 1 amide bonds. The van der Waals surface area contributed by atoms with Crippen LogP contribution in [0.3, 0.4) is 0 Å². The SMILES string of the molecule is CN(CC(=O)NC1CCOCC1)CC1CCCCN1. The van der Waals surface area contributed by atoms with Gasteiger partial charge in [0, 0.05) is 31.8 Å². The Labute approximate surface area is 116 Å². The van der Waals surface area contributed by atoms with Crippen LogP contribution in [0, 0.1) is 0 Å². The number of hydrogen-bond donors (Lipinski definition) is 2. The summed E-state index contributed by atoms with van der Waals surface area (Å²) in [6.45, 7) is 4.11. The predicted octanol–water partition coefficient (Wildman–Crippen LogP) is 0.356. The summed E-state index contributed by atoms with van der Waals surface area (Å²) in [5.74, 6) is 0.144. The van der Waals surface area contributed by atoms with Crippen LogP contribution in [0.2, 0.25) is 0 Å². The van der Waals surface area contributed by atoms with Gasteiger partial charge in [-0.15, -0.1) is 0 Å². The van der Waals surface area contributed by atoms with Gasteiger partial charge in [-0.05, 0) is 39.3 Å². The van der Waals surface area contributed by atoms with Gasteiger partial charge in [-0.25, -0.2) is 0 Å². The molecule has 2 saturated heterocycles. The van der Waals surface area contributed by atoms with Crippen LogP contribution in [0.25, 0.3) is 0 Å². The van der Waals surface area contributed by atoms with Gasteiger partial charge < -0.3 is 15.4 Å². The summed E-state index contributed by atoms with van der Waals surface area (Å²) in [5.41, 5.74) is 0. The van der Waals surface area contributed by atoms with Crippen LogP contribution in [0.15, 0.2) is 0 Å². The maximum atomic E-state index is 11.9. The summed E-state index contributed by atoms with van der Waals surface area (Å²) in [4.78, 5) is 14.1. The molecular weight excluding hydrogens is 242 g/mol. The lowest BCUT2D eigenvalue weighted by Crippen LogP contribution is -2.47. The maximum absolute atomic E-state index is 11.9. The van der Waals surface area contributed by atoms with E-state index in [1.165, 1.54) is 19.3 Å². The fraction of sp³-hybridized carbons (Fsp3) is 0.929. The molecule has 110 valence electrons. The molecule has 5 nitrogen and oxygen atoms in total. The highest BCUT2D eigenvalue weighted by atomic mass is 16.5. The average Bonchev–Trinajstić information content (AvgIpc) is 2.40. The molecule has 0 saturated carbocycles. The Hall–Kier alpha value is -0.650. The number of likely N-dealkylation sites (N-methyl/N-ethyl adjacent to an activating group) is 1. The zero-order valence-electron chi connectivity index (χ0n) is 12.0. The molecule has 1 unspecified atom stereocenters. The number of piperidine rings is 1. The van der Waals surface area contributed by atoms with E-state index in [0.29, 0.717) is 18.6 Å². The normalized spacial score (nSPS) is 25.5. The van der Waals surface area contributed by atoms with Gasteiger partial charge in [0.1, 0.15) is 0 Å². The molecule has 2 rings (SSSR count). The Morgan fingerprint density at radius 1 is 1.32 bits per heavy atom. The minimum Gasteiger partial charge on any atom is -0.381 e. The molecule has 0 bridgehead atoms. The first kappa shape index (κ1) is 14.8. The monoisotopic (exact) mass is 269 g/mol. The molecule has 1 atom stereocenters. The molecule has 0 aromatic carbocycles. The van der Waals surface area contributed by atoms with Gasteiger partial charge in [0.25, 0.3) is 0 Å². The van der Waals surface area contributed by atoms with Gasteiger partial charge in [-0.3, -0.25) is 9.69 Å². The average molecular weight is 269 g/mol. The quantitative estimate of drug-likeness (QED) is 0.756. The summed E-state index contributed by atoms with van der Waals surface area (Å²) >= 11 is 0. The van der Waals surface area contributed by atoms with E-state index in [1.54, 1.807) is 0 Å². The van der Waals surface area contributed by atoms with Crippen LogP contribution in [0.4, 0.5) is 0 Å². The fourth-order valence-electron chi connectivity index (χ4n) is 2.88. The highest BCUT2D eigenvalue weighted by Gasteiger charge is 2.19. The van der Waals surface area contributed by atoms with Gasteiger partial charge >= 0.3 is 0 Å². The van der Waals surface area contributed by atoms with Gasteiger partial charge in [-0.1, -0.05) is 6.42 Å². The van der Waals surface area contributed by atoms with E-state index in [0.717, 1.165) is 39.1 Å². The summed E-state index contributed by atoms with van der Waals surface area (Å²) < 4.78 is 5.29. The molecule has 0 aromatic rings. The van der Waals surface area contributed by atoms with E-state index < -0.39 is 0 Å². The lowest BCUT2D eigenvalue weighted by atomic mass is 10.0. The zero-order valence-corrected chi connectivity index (χ0v) is 12.0. The van der Waals surface area contributed by atoms with Crippen LogP contribution in [-0.2, 0) is 9.53 Å². The van der Waals surface area contributed by atoms with Crippen molar-refractivity contribution in [3.05, 3.63) is 0 Å². The first-order valence-corrected chi connectivity index (χ1v) is 7.53. The molecule has 2 fully saturated rings. The number of amides is 1. The highest BCUT2D eigenvalue weighted by Crippen LogP contribution is 2.08. The molecule has 0 aromatic heterocycles. The lowest BCUT2D eigenvalue weighted by Gasteiger charge is -2.29. The van der Waals surface area contributed by atoms with Gasteiger partial charge in [0.05, 0.1) is 6.54 Å². The van der Waals surface area contributed by atoms with Gasteiger partial charge in [0.2, 0.25) is 5.91 Å². The minimum absolute atomic E-state index is 0.144. The van der Waals surface area contributed by atoms with Crippen LogP contribution in [0.1, 0.15) is 32.1 Å². The third-order valence-corrected chi connectivity index (χ3v) is 3.94. The zero-order chi connectivity index (χ0) is 13.5. The first-order chi connectivity index (χ1) is 9.24. The number of hydrogen-bond acceptors (Lipinski definition) is 4. The summed E-state index contributed by atoms with van der Waals surface area (Å²) in [7, 11) is 2.03. The Morgan fingerprint density at radius 2 is 2.11 bits per heavy atom. The van der Waals surface area contributed by atoms with Crippen LogP contribution in [0.5, 0.6) is 0 Å². The van der Waals surface area contributed by atoms with Crippen molar-refractivity contribution < 1.29 is 9.53 Å². The second-order valence-electron chi connectivity index (χ2n) is 5.80. The van der Waals surface area contributed by atoms with E-state index in [9.17, 15) is 4.79 Å². The standard InChI is InChI=1S/C14H27N3O2/c1-17(10-13-4-2-3-7-15-13)11-14(18)16-12-5-8-19-9-6-12/h12-13,15H,2-11H2,1H3,(H,16,18). The first-order valence-electron chi connectivity index (χ1n) is 7.53. The van der Waals surface area contributed by atoms with Crippen LogP contribution >= 0.6 is 0 Å². The summed E-state index contributed by atoms with van der Waals surface area (Å²) in [6, 6.07) is 0.858. The molecule has 19 heavy (non-hydrogen) atoms. The van der Waals surface area contributed by atoms with E-state index in [2.05, 4.69) is 15.5 Å². The maximum Gasteiger partial charge on any atom is 0.234 e. The van der Waals surface area contributed by atoms with Crippen LogP contribution in [-0.4, -0.2) is 62.8 Å². The predicted molar refractivity (Wildman–Crippen MR) is 75.1 cm³/mol. The number of carbonyl (C=O) groups excluding carboxylic acids is 1. The molecule has 0 spiro atoms. The fourth-order valence-corrected chi connectivity index (χ4v) is 2.88. The Bertz CT molecular complexity index is 274. The van der Waals surface area contributed by atoms with Crippen molar-refractivity contribution in [1.82, 2.24) is 15.5 Å². The van der Waals surface area contributed by atoms with Gasteiger partial charge in [0.15, 0.2) is 0 Å². The summed E-state index contributed by atoms with van der Waals surface area (Å²) in [6.07, 6.45) is 5.70. The van der Waals surface area contributed by atoms with E-state index in [1.807, 2.05) is 7.05 Å². The third-order valence-electron chi connectivity index (χ3n) is 3.94. The van der Waals surface area contributed by atoms with Gasteiger partial charge in [-0.2, -0.15) is 0 Å². The summed E-state index contributed by atoms with van der Waals surface area (Å²) in [5, 5.41) is 6.62. The second-order valence-corrected chi connectivity index (χ2v) is 5.80. The van der Waals surface area contributed by atoms with Crippen molar-refractivity contribution in [2.45, 2.75) is 44.2 Å². The number of ether oxygens (including phenoxy) is 1. The largest absolute Gasteiger partial charge is 0.381 e. The van der Waals surface area contributed by atoms with E-state index in [-0.39, 0.29) is 5.91 Å². The molecule has 5 heteroatoms. The van der Waals surface area contributed by atoms with Crippen LogP contribution < -0.4 is 10.6 Å². The van der Waals surface area contributed by atoms with Crippen molar-refractivity contribution in [2.24, 2.45) is 0 Å². The van der Waals surface area contributed by atoms with Crippen molar-refractivity contribution in [3.8, 4) is 0 Å². The minimum atomic E-state index is 0.144. The molecule has 2 N–H and O–H groups in total. The topological polar surface area (TPSA) is 53.6 Å². The molecule has 0 radical (unpaired) electrons. The van der Waals surface area contributed by atoms with Crippen molar-refractivity contribution >= 4 is 5.91 Å². The molecular formula is C14H27N3O2. The lowest BCUT2D eigenvalue weighted by molar-refractivity contribution is -0.123. The smallest absolute Gasteiger partial charge is 0.234 e. The molecule has 2 aliphatic heterocycles. The number of carbonyl (C=O) groups is 1.